The van der Waals surface area contributed by atoms with Crippen molar-refractivity contribution in [1.82, 2.24) is 0 Å². The summed E-state index contributed by atoms with van der Waals surface area (Å²) in [6.45, 7) is 6.08. The number of ether oxygens (including phenoxy) is 1. The maximum absolute atomic E-state index is 11.7. The first-order chi connectivity index (χ1) is 7.94. The van der Waals surface area contributed by atoms with Crippen molar-refractivity contribution >= 4 is 5.78 Å². The molecule has 0 amide bonds. The molecular formula is C15H20O2. The molecule has 1 fully saturated rings. The lowest BCUT2D eigenvalue weighted by molar-refractivity contribution is -0.119. The molecule has 1 aromatic carbocycles. The number of benzene rings is 1. The van der Waals surface area contributed by atoms with Gasteiger partial charge in [0.15, 0.2) is 0 Å². The van der Waals surface area contributed by atoms with Crippen molar-refractivity contribution < 1.29 is 9.53 Å². The van der Waals surface area contributed by atoms with Crippen LogP contribution >= 0.6 is 0 Å². The van der Waals surface area contributed by atoms with Gasteiger partial charge in [0, 0.05) is 12.3 Å². The van der Waals surface area contributed by atoms with Crippen LogP contribution in [-0.2, 0) is 11.2 Å². The zero-order valence-electron chi connectivity index (χ0n) is 10.8. The second-order valence-corrected chi connectivity index (χ2v) is 5.78. The highest BCUT2D eigenvalue weighted by Crippen LogP contribution is 2.31. The van der Waals surface area contributed by atoms with Gasteiger partial charge in [-0.3, -0.25) is 4.79 Å². The summed E-state index contributed by atoms with van der Waals surface area (Å²) in [6.07, 6.45) is 2.74. The minimum atomic E-state index is -0.175. The normalized spacial score (nSPS) is 15.7. The summed E-state index contributed by atoms with van der Waals surface area (Å²) in [6, 6.07) is 7.87. The molecule has 2 heteroatoms. The van der Waals surface area contributed by atoms with E-state index in [1.165, 1.54) is 0 Å². The van der Waals surface area contributed by atoms with E-state index in [4.69, 9.17) is 4.74 Å². The van der Waals surface area contributed by atoms with Crippen molar-refractivity contribution in [2.45, 2.75) is 45.6 Å². The third kappa shape index (κ3) is 3.88. The zero-order chi connectivity index (χ0) is 12.5. The molecule has 0 heterocycles. The highest BCUT2D eigenvalue weighted by molar-refractivity contribution is 5.85. The molecule has 1 aliphatic rings. The predicted octanol–water partition coefficient (Wildman–Crippen LogP) is 3.39. The third-order valence-electron chi connectivity index (χ3n) is 2.76. The summed E-state index contributed by atoms with van der Waals surface area (Å²) in [7, 11) is 0. The molecular weight excluding hydrogens is 212 g/mol. The zero-order valence-corrected chi connectivity index (χ0v) is 10.8. The molecule has 2 nitrogen and oxygen atoms in total. The molecule has 0 bridgehead atoms. The minimum Gasteiger partial charge on any atom is -0.488 e. The quantitative estimate of drug-likeness (QED) is 0.795. The van der Waals surface area contributed by atoms with E-state index in [9.17, 15) is 4.79 Å². The number of rotatable bonds is 4. The molecule has 0 unspecified atom stereocenters. The summed E-state index contributed by atoms with van der Waals surface area (Å²) in [5.41, 5.74) is 0.911. The summed E-state index contributed by atoms with van der Waals surface area (Å²) >= 11 is 0. The highest BCUT2D eigenvalue weighted by Gasteiger charge is 2.28. The van der Waals surface area contributed by atoms with Crippen molar-refractivity contribution in [2.24, 2.45) is 5.92 Å². The van der Waals surface area contributed by atoms with Crippen LogP contribution in [0.5, 0.6) is 5.75 Å². The number of carbonyl (C=O) groups excluding carboxylic acids is 1. The van der Waals surface area contributed by atoms with E-state index >= 15 is 0 Å². The lowest BCUT2D eigenvalue weighted by Crippen LogP contribution is -2.22. The van der Waals surface area contributed by atoms with Gasteiger partial charge in [-0.2, -0.15) is 0 Å². The van der Waals surface area contributed by atoms with Crippen LogP contribution in [0.1, 0.15) is 39.2 Å². The standard InChI is InChI=1S/C15H20O2/c1-15(2,3)17-13-8-4-11(5-9-13)10-14(16)12-6-7-12/h4-5,8-9,12H,6-7,10H2,1-3H3. The molecule has 0 radical (unpaired) electrons. The fraction of sp³-hybridized carbons (Fsp3) is 0.533. The third-order valence-corrected chi connectivity index (χ3v) is 2.76. The van der Waals surface area contributed by atoms with Gasteiger partial charge in [0.2, 0.25) is 0 Å². The summed E-state index contributed by atoms with van der Waals surface area (Å²) in [5, 5.41) is 0. The van der Waals surface area contributed by atoms with Crippen LogP contribution in [0.3, 0.4) is 0 Å². The van der Waals surface area contributed by atoms with Gasteiger partial charge < -0.3 is 4.74 Å². The highest BCUT2D eigenvalue weighted by atomic mass is 16.5. The van der Waals surface area contributed by atoms with E-state index in [1.807, 2.05) is 45.0 Å². The maximum Gasteiger partial charge on any atom is 0.140 e. The average Bonchev–Trinajstić information content (AvgIpc) is 3.02. The average molecular weight is 232 g/mol. The molecule has 0 aromatic heterocycles. The molecule has 0 spiro atoms. The van der Waals surface area contributed by atoms with Crippen LogP contribution in [0.15, 0.2) is 24.3 Å². The second-order valence-electron chi connectivity index (χ2n) is 5.78. The number of carbonyl (C=O) groups is 1. The fourth-order valence-corrected chi connectivity index (χ4v) is 1.78. The topological polar surface area (TPSA) is 26.3 Å². The first-order valence-electron chi connectivity index (χ1n) is 6.25. The van der Waals surface area contributed by atoms with Crippen molar-refractivity contribution in [3.63, 3.8) is 0 Å². The van der Waals surface area contributed by atoms with Gasteiger partial charge in [-0.1, -0.05) is 12.1 Å². The van der Waals surface area contributed by atoms with E-state index in [0.29, 0.717) is 18.1 Å². The van der Waals surface area contributed by atoms with Crippen LogP contribution in [0, 0.1) is 5.92 Å². The molecule has 17 heavy (non-hydrogen) atoms. The van der Waals surface area contributed by atoms with Gasteiger partial charge >= 0.3 is 0 Å². The lowest BCUT2D eigenvalue weighted by Gasteiger charge is -2.21. The van der Waals surface area contributed by atoms with Crippen LogP contribution < -0.4 is 4.74 Å². The number of ketones is 1. The fourth-order valence-electron chi connectivity index (χ4n) is 1.78. The van der Waals surface area contributed by atoms with Crippen molar-refractivity contribution in [3.05, 3.63) is 29.8 Å². The van der Waals surface area contributed by atoms with E-state index in [1.54, 1.807) is 0 Å². The van der Waals surface area contributed by atoms with E-state index in [0.717, 1.165) is 24.2 Å². The maximum atomic E-state index is 11.7. The Balaban J connectivity index is 1.95. The predicted molar refractivity (Wildman–Crippen MR) is 68.3 cm³/mol. The summed E-state index contributed by atoms with van der Waals surface area (Å²) in [4.78, 5) is 11.7. The molecule has 92 valence electrons. The monoisotopic (exact) mass is 232 g/mol. The molecule has 0 saturated heterocycles. The molecule has 1 aromatic rings. The molecule has 0 N–H and O–H groups in total. The summed E-state index contributed by atoms with van der Waals surface area (Å²) < 4.78 is 5.74. The van der Waals surface area contributed by atoms with Crippen LogP contribution in [0.2, 0.25) is 0 Å². The van der Waals surface area contributed by atoms with Gasteiger partial charge in [0.05, 0.1) is 0 Å². The van der Waals surface area contributed by atoms with E-state index in [-0.39, 0.29) is 5.60 Å². The first kappa shape index (κ1) is 12.2. The lowest BCUT2D eigenvalue weighted by atomic mass is 10.1. The Morgan fingerprint density at radius 3 is 2.29 bits per heavy atom. The second kappa shape index (κ2) is 4.52. The first-order valence-corrected chi connectivity index (χ1v) is 6.25. The van der Waals surface area contributed by atoms with Gasteiger partial charge in [-0.05, 0) is 51.3 Å². The van der Waals surface area contributed by atoms with Crippen molar-refractivity contribution in [2.75, 3.05) is 0 Å². The van der Waals surface area contributed by atoms with E-state index in [2.05, 4.69) is 0 Å². The van der Waals surface area contributed by atoms with Crippen molar-refractivity contribution in [3.8, 4) is 5.75 Å². The van der Waals surface area contributed by atoms with Crippen LogP contribution in [0.4, 0.5) is 0 Å². The molecule has 1 aliphatic carbocycles. The Morgan fingerprint density at radius 2 is 1.82 bits per heavy atom. The van der Waals surface area contributed by atoms with Crippen molar-refractivity contribution in [1.29, 1.82) is 0 Å². The Labute approximate surface area is 103 Å². The number of Topliss-reactive ketones (excluding diaryl/α,β-unsaturated/α-hetero) is 1. The molecule has 0 aliphatic heterocycles. The number of hydrogen-bond acceptors (Lipinski definition) is 2. The Kier molecular flexibility index (Phi) is 3.23. The Bertz CT molecular complexity index is 394. The van der Waals surface area contributed by atoms with Gasteiger partial charge in [-0.15, -0.1) is 0 Å². The molecule has 2 rings (SSSR count). The smallest absolute Gasteiger partial charge is 0.140 e. The SMILES string of the molecule is CC(C)(C)Oc1ccc(CC(=O)C2CC2)cc1. The molecule has 0 atom stereocenters. The Hall–Kier alpha value is -1.31. The van der Waals surface area contributed by atoms with Gasteiger partial charge in [-0.25, -0.2) is 0 Å². The van der Waals surface area contributed by atoms with Crippen LogP contribution in [0.25, 0.3) is 0 Å². The Morgan fingerprint density at radius 1 is 1.24 bits per heavy atom. The minimum absolute atomic E-state index is 0.175. The number of hydrogen-bond donors (Lipinski definition) is 0. The molecule has 1 saturated carbocycles. The van der Waals surface area contributed by atoms with Gasteiger partial charge in [0.25, 0.3) is 0 Å². The van der Waals surface area contributed by atoms with Crippen LogP contribution in [-0.4, -0.2) is 11.4 Å². The largest absolute Gasteiger partial charge is 0.488 e. The summed E-state index contributed by atoms with van der Waals surface area (Å²) in [5.74, 6) is 1.59. The van der Waals surface area contributed by atoms with Gasteiger partial charge in [0.1, 0.15) is 17.1 Å². The van der Waals surface area contributed by atoms with E-state index < -0.39 is 0 Å².